The van der Waals surface area contributed by atoms with Crippen LogP contribution in [-0.2, 0) is 6.42 Å². The third kappa shape index (κ3) is 2.76. The molecule has 0 aliphatic rings. The van der Waals surface area contributed by atoms with E-state index >= 15 is 0 Å². The van der Waals surface area contributed by atoms with Crippen LogP contribution in [0.15, 0.2) is 39.6 Å². The molecule has 1 heterocycles. The van der Waals surface area contributed by atoms with Gasteiger partial charge in [0, 0.05) is 6.42 Å². The van der Waals surface area contributed by atoms with Crippen LogP contribution in [-0.4, -0.2) is 5.78 Å². The Kier molecular flexibility index (Phi) is 3.64. The van der Waals surface area contributed by atoms with Crippen LogP contribution in [0, 0.1) is 5.82 Å². The van der Waals surface area contributed by atoms with Crippen LogP contribution in [0.2, 0.25) is 5.02 Å². The minimum absolute atomic E-state index is 0.0153. The van der Waals surface area contributed by atoms with Gasteiger partial charge in [-0.2, -0.15) is 0 Å². The topological polar surface area (TPSA) is 30.2 Å². The minimum atomic E-state index is -0.493. The monoisotopic (exact) mass is 316 g/mol. The Hall–Kier alpha value is -1.13. The molecule has 0 amide bonds. The predicted molar refractivity (Wildman–Crippen MR) is 65.9 cm³/mol. The molecule has 0 saturated carbocycles. The van der Waals surface area contributed by atoms with Crippen LogP contribution in [0.4, 0.5) is 4.39 Å². The highest BCUT2D eigenvalue weighted by Crippen LogP contribution is 2.21. The van der Waals surface area contributed by atoms with E-state index in [1.807, 2.05) is 0 Å². The summed E-state index contributed by atoms with van der Waals surface area (Å²) in [5, 5.41) is 0.0153. The molecule has 2 aromatic rings. The first-order valence-electron chi connectivity index (χ1n) is 4.78. The van der Waals surface area contributed by atoms with Gasteiger partial charge in [0.25, 0.3) is 0 Å². The van der Waals surface area contributed by atoms with Crippen LogP contribution in [0.25, 0.3) is 0 Å². The lowest BCUT2D eigenvalue weighted by Crippen LogP contribution is -2.03. The largest absolute Gasteiger partial charge is 0.457 e. The third-order valence-corrected chi connectivity index (χ3v) is 3.17. The van der Waals surface area contributed by atoms with E-state index in [9.17, 15) is 9.18 Å². The maximum absolute atomic E-state index is 12.9. The number of hydrogen-bond acceptors (Lipinski definition) is 2. The highest BCUT2D eigenvalue weighted by molar-refractivity contribution is 9.10. The quantitative estimate of drug-likeness (QED) is 0.792. The van der Waals surface area contributed by atoms with Crippen LogP contribution in [0.1, 0.15) is 15.9 Å². The van der Waals surface area contributed by atoms with E-state index in [2.05, 4.69) is 15.9 Å². The number of carbonyl (C=O) groups is 1. The highest BCUT2D eigenvalue weighted by atomic mass is 79.9. The molecule has 2 nitrogen and oxygen atoms in total. The second-order valence-electron chi connectivity index (χ2n) is 3.46. The van der Waals surface area contributed by atoms with Crippen molar-refractivity contribution in [3.63, 3.8) is 0 Å². The van der Waals surface area contributed by atoms with Crippen molar-refractivity contribution in [3.8, 4) is 0 Å². The number of ketones is 1. The molecule has 17 heavy (non-hydrogen) atoms. The summed E-state index contributed by atoms with van der Waals surface area (Å²) in [6, 6.07) is 5.81. The van der Waals surface area contributed by atoms with Crippen molar-refractivity contribution >= 4 is 33.3 Å². The zero-order chi connectivity index (χ0) is 12.4. The summed E-state index contributed by atoms with van der Waals surface area (Å²) >= 11 is 8.77. The summed E-state index contributed by atoms with van der Waals surface area (Å²) in [5.41, 5.74) is 1.12. The molecular weight excluding hydrogens is 310 g/mol. The van der Waals surface area contributed by atoms with Gasteiger partial charge in [-0.15, -0.1) is 0 Å². The molecule has 5 heteroatoms. The van der Waals surface area contributed by atoms with E-state index < -0.39 is 5.82 Å². The van der Waals surface area contributed by atoms with Gasteiger partial charge in [0.1, 0.15) is 5.82 Å². The number of Topliss-reactive ketones (excluding diaryl/α,β-unsaturated/α-hetero) is 1. The lowest BCUT2D eigenvalue weighted by molar-refractivity contribution is 0.0991. The fraction of sp³-hybridized carbons (Fsp3) is 0.0833. The molecule has 1 aromatic heterocycles. The van der Waals surface area contributed by atoms with Gasteiger partial charge in [-0.3, -0.25) is 4.79 Å². The lowest BCUT2D eigenvalue weighted by Gasteiger charge is -2.01. The summed E-state index contributed by atoms with van der Waals surface area (Å²) < 4.78 is 18.3. The first-order chi connectivity index (χ1) is 8.08. The molecule has 0 atom stereocenters. The number of benzene rings is 1. The van der Waals surface area contributed by atoms with Gasteiger partial charge in [0.05, 0.1) is 16.8 Å². The lowest BCUT2D eigenvalue weighted by atomic mass is 10.1. The van der Waals surface area contributed by atoms with Gasteiger partial charge in [0.2, 0.25) is 0 Å². The number of carbonyl (C=O) groups excluding carboxylic acids is 1. The number of rotatable bonds is 3. The standard InChI is InChI=1S/C12H7BrClFO2/c13-12-8(3-4-17-12)11(16)6-7-1-2-10(15)9(14)5-7/h1-5H,6H2. The Bertz CT molecular complexity index is 565. The van der Waals surface area contributed by atoms with Crippen LogP contribution < -0.4 is 0 Å². The van der Waals surface area contributed by atoms with Gasteiger partial charge in [0.15, 0.2) is 10.5 Å². The molecule has 0 N–H and O–H groups in total. The van der Waals surface area contributed by atoms with Crippen molar-refractivity contribution < 1.29 is 13.6 Å². The molecule has 2 rings (SSSR count). The highest BCUT2D eigenvalue weighted by Gasteiger charge is 2.13. The average Bonchev–Trinajstić information content (AvgIpc) is 2.70. The Balaban J connectivity index is 2.19. The molecule has 0 aliphatic carbocycles. The fourth-order valence-electron chi connectivity index (χ4n) is 1.42. The molecule has 0 saturated heterocycles. The molecular formula is C12H7BrClFO2. The molecule has 0 aliphatic heterocycles. The maximum atomic E-state index is 12.9. The van der Waals surface area contributed by atoms with Crippen molar-refractivity contribution in [1.29, 1.82) is 0 Å². The second kappa shape index (κ2) is 5.02. The first-order valence-corrected chi connectivity index (χ1v) is 5.95. The Morgan fingerprint density at radius 1 is 1.41 bits per heavy atom. The second-order valence-corrected chi connectivity index (χ2v) is 4.58. The predicted octanol–water partition coefficient (Wildman–Crippen LogP) is 4.26. The smallest absolute Gasteiger partial charge is 0.179 e. The van der Waals surface area contributed by atoms with E-state index in [1.165, 1.54) is 24.5 Å². The molecule has 88 valence electrons. The van der Waals surface area contributed by atoms with E-state index in [0.717, 1.165) is 0 Å². The van der Waals surface area contributed by atoms with E-state index in [1.54, 1.807) is 6.07 Å². The Morgan fingerprint density at radius 2 is 2.18 bits per heavy atom. The third-order valence-electron chi connectivity index (χ3n) is 2.27. The van der Waals surface area contributed by atoms with E-state index in [0.29, 0.717) is 15.8 Å². The van der Waals surface area contributed by atoms with Crippen LogP contribution in [0.5, 0.6) is 0 Å². The normalized spacial score (nSPS) is 10.5. The van der Waals surface area contributed by atoms with E-state index in [-0.39, 0.29) is 17.2 Å². The van der Waals surface area contributed by atoms with Crippen LogP contribution >= 0.6 is 27.5 Å². The molecule has 0 radical (unpaired) electrons. The van der Waals surface area contributed by atoms with Crippen LogP contribution in [0.3, 0.4) is 0 Å². The number of halogens is 3. The van der Waals surface area contributed by atoms with Gasteiger partial charge in [-0.25, -0.2) is 4.39 Å². The average molecular weight is 318 g/mol. The van der Waals surface area contributed by atoms with Crippen molar-refractivity contribution in [2.75, 3.05) is 0 Å². The van der Waals surface area contributed by atoms with Crippen molar-refractivity contribution in [3.05, 3.63) is 57.2 Å². The molecule has 0 spiro atoms. The van der Waals surface area contributed by atoms with Crippen molar-refractivity contribution in [1.82, 2.24) is 0 Å². The number of furan rings is 1. The van der Waals surface area contributed by atoms with E-state index in [4.69, 9.17) is 16.0 Å². The molecule has 0 unspecified atom stereocenters. The zero-order valence-corrected chi connectivity index (χ0v) is 10.9. The Labute approximate surface area is 111 Å². The fourth-order valence-corrected chi connectivity index (χ4v) is 2.09. The molecule has 0 fully saturated rings. The summed E-state index contributed by atoms with van der Waals surface area (Å²) in [5.74, 6) is -0.611. The zero-order valence-electron chi connectivity index (χ0n) is 8.54. The van der Waals surface area contributed by atoms with Gasteiger partial charge >= 0.3 is 0 Å². The van der Waals surface area contributed by atoms with Gasteiger partial charge in [-0.05, 0) is 39.7 Å². The first kappa shape index (κ1) is 12.3. The van der Waals surface area contributed by atoms with Gasteiger partial charge < -0.3 is 4.42 Å². The summed E-state index contributed by atoms with van der Waals surface area (Å²) in [6.45, 7) is 0. The molecule has 0 bridgehead atoms. The van der Waals surface area contributed by atoms with Gasteiger partial charge in [-0.1, -0.05) is 17.7 Å². The van der Waals surface area contributed by atoms with Crippen molar-refractivity contribution in [2.45, 2.75) is 6.42 Å². The van der Waals surface area contributed by atoms with Crippen molar-refractivity contribution in [2.24, 2.45) is 0 Å². The SMILES string of the molecule is O=C(Cc1ccc(F)c(Cl)c1)c1ccoc1Br. The maximum Gasteiger partial charge on any atom is 0.179 e. The summed E-state index contributed by atoms with van der Waals surface area (Å²) in [4.78, 5) is 11.9. The minimum Gasteiger partial charge on any atom is -0.457 e. The summed E-state index contributed by atoms with van der Waals surface area (Å²) in [7, 11) is 0. The Morgan fingerprint density at radius 3 is 2.76 bits per heavy atom. The molecule has 1 aromatic carbocycles. The summed E-state index contributed by atoms with van der Waals surface area (Å²) in [6.07, 6.45) is 1.58. The number of hydrogen-bond donors (Lipinski definition) is 0.